The Hall–Kier alpha value is -0.610. The molecule has 0 spiro atoms. The lowest BCUT2D eigenvalue weighted by Crippen LogP contribution is -2.43. The predicted molar refractivity (Wildman–Crippen MR) is 77.4 cm³/mol. The Morgan fingerprint density at radius 1 is 1.11 bits per heavy atom. The first-order valence-corrected chi connectivity index (χ1v) is 7.03. The number of nitrogens with zero attached hydrogens (tertiary/aromatic N) is 1. The third-order valence-corrected chi connectivity index (χ3v) is 3.30. The lowest BCUT2D eigenvalue weighted by molar-refractivity contribution is -0.121. The third kappa shape index (κ3) is 6.97. The van der Waals surface area contributed by atoms with Crippen LogP contribution in [0, 0.1) is 5.92 Å². The number of amides is 1. The molecule has 18 heavy (non-hydrogen) atoms. The molecule has 0 heterocycles. The van der Waals surface area contributed by atoms with E-state index in [4.69, 9.17) is 5.73 Å². The molecule has 0 saturated heterocycles. The second kappa shape index (κ2) is 8.48. The standard InChI is InChI=1S/C14H31N3O/c1-10(2)13(15)9-14(18)16-7-8-17(11(3)4)12(5)6/h10-13H,7-9,15H2,1-6H3,(H,16,18). The maximum atomic E-state index is 11.7. The monoisotopic (exact) mass is 257 g/mol. The smallest absolute Gasteiger partial charge is 0.221 e. The summed E-state index contributed by atoms with van der Waals surface area (Å²) in [5, 5.41) is 2.95. The summed E-state index contributed by atoms with van der Waals surface area (Å²) in [7, 11) is 0. The Balaban J connectivity index is 3.92. The van der Waals surface area contributed by atoms with Crippen LogP contribution in [0.1, 0.15) is 48.0 Å². The van der Waals surface area contributed by atoms with Crippen molar-refractivity contribution in [3.05, 3.63) is 0 Å². The summed E-state index contributed by atoms with van der Waals surface area (Å²) < 4.78 is 0. The maximum Gasteiger partial charge on any atom is 0.221 e. The Morgan fingerprint density at radius 3 is 2.00 bits per heavy atom. The molecule has 108 valence electrons. The quantitative estimate of drug-likeness (QED) is 0.694. The van der Waals surface area contributed by atoms with Crippen LogP contribution in [0.4, 0.5) is 0 Å². The molecule has 0 aliphatic rings. The van der Waals surface area contributed by atoms with Gasteiger partial charge in [-0.05, 0) is 33.6 Å². The molecule has 0 radical (unpaired) electrons. The zero-order chi connectivity index (χ0) is 14.3. The van der Waals surface area contributed by atoms with Crippen molar-refractivity contribution in [2.45, 2.75) is 66.1 Å². The number of rotatable bonds is 8. The zero-order valence-corrected chi connectivity index (χ0v) is 12.9. The molecule has 3 N–H and O–H groups in total. The first-order chi connectivity index (χ1) is 8.25. The van der Waals surface area contributed by atoms with Gasteiger partial charge in [-0.1, -0.05) is 13.8 Å². The average Bonchev–Trinajstić information content (AvgIpc) is 2.22. The van der Waals surface area contributed by atoms with E-state index in [1.54, 1.807) is 0 Å². The molecule has 1 unspecified atom stereocenters. The second-order valence-corrected chi connectivity index (χ2v) is 5.89. The minimum Gasteiger partial charge on any atom is -0.355 e. The zero-order valence-electron chi connectivity index (χ0n) is 12.9. The largest absolute Gasteiger partial charge is 0.355 e. The lowest BCUT2D eigenvalue weighted by atomic mass is 10.0. The Morgan fingerprint density at radius 2 is 1.61 bits per heavy atom. The molecule has 0 bridgehead atoms. The fourth-order valence-electron chi connectivity index (χ4n) is 1.96. The summed E-state index contributed by atoms with van der Waals surface area (Å²) in [6, 6.07) is 0.955. The van der Waals surface area contributed by atoms with E-state index in [9.17, 15) is 4.79 Å². The van der Waals surface area contributed by atoms with E-state index in [2.05, 4.69) is 37.9 Å². The summed E-state index contributed by atoms with van der Waals surface area (Å²) in [6.45, 7) is 14.4. The number of hydrogen-bond donors (Lipinski definition) is 2. The third-order valence-electron chi connectivity index (χ3n) is 3.30. The van der Waals surface area contributed by atoms with Crippen LogP contribution in [0.25, 0.3) is 0 Å². The van der Waals surface area contributed by atoms with E-state index in [0.29, 0.717) is 31.0 Å². The molecular weight excluding hydrogens is 226 g/mol. The first kappa shape index (κ1) is 17.4. The highest BCUT2D eigenvalue weighted by molar-refractivity contribution is 5.76. The molecule has 0 rings (SSSR count). The van der Waals surface area contributed by atoms with Gasteiger partial charge in [-0.3, -0.25) is 9.69 Å². The van der Waals surface area contributed by atoms with Gasteiger partial charge >= 0.3 is 0 Å². The summed E-state index contributed by atoms with van der Waals surface area (Å²) in [5.74, 6) is 0.405. The highest BCUT2D eigenvalue weighted by atomic mass is 16.1. The second-order valence-electron chi connectivity index (χ2n) is 5.89. The fourth-order valence-corrected chi connectivity index (χ4v) is 1.96. The van der Waals surface area contributed by atoms with Gasteiger partial charge < -0.3 is 11.1 Å². The van der Waals surface area contributed by atoms with Crippen LogP contribution in [-0.2, 0) is 4.79 Å². The minimum absolute atomic E-state index is 0.0451. The van der Waals surface area contributed by atoms with E-state index in [1.807, 2.05) is 13.8 Å². The van der Waals surface area contributed by atoms with Crippen molar-refractivity contribution in [1.29, 1.82) is 0 Å². The number of hydrogen-bond acceptors (Lipinski definition) is 3. The molecule has 4 nitrogen and oxygen atoms in total. The van der Waals surface area contributed by atoms with E-state index >= 15 is 0 Å². The van der Waals surface area contributed by atoms with Crippen LogP contribution in [0.3, 0.4) is 0 Å². The van der Waals surface area contributed by atoms with Gasteiger partial charge in [0, 0.05) is 37.6 Å². The maximum absolute atomic E-state index is 11.7. The van der Waals surface area contributed by atoms with E-state index in [0.717, 1.165) is 6.54 Å². The van der Waals surface area contributed by atoms with Gasteiger partial charge in [-0.15, -0.1) is 0 Å². The molecule has 1 amide bonds. The number of carbonyl (C=O) groups excluding carboxylic acids is 1. The molecule has 0 aliphatic heterocycles. The van der Waals surface area contributed by atoms with Gasteiger partial charge in [0.1, 0.15) is 0 Å². The average molecular weight is 257 g/mol. The number of nitrogens with two attached hydrogens (primary N) is 1. The lowest BCUT2D eigenvalue weighted by Gasteiger charge is -2.30. The van der Waals surface area contributed by atoms with E-state index in [-0.39, 0.29) is 11.9 Å². The molecule has 0 aromatic heterocycles. The van der Waals surface area contributed by atoms with Gasteiger partial charge in [0.2, 0.25) is 5.91 Å². The van der Waals surface area contributed by atoms with Crippen molar-refractivity contribution in [2.75, 3.05) is 13.1 Å². The van der Waals surface area contributed by atoms with Crippen molar-refractivity contribution >= 4 is 5.91 Å². The Kier molecular flexibility index (Phi) is 8.20. The van der Waals surface area contributed by atoms with Gasteiger partial charge in [-0.2, -0.15) is 0 Å². The van der Waals surface area contributed by atoms with Crippen molar-refractivity contribution < 1.29 is 4.79 Å². The van der Waals surface area contributed by atoms with Crippen molar-refractivity contribution in [2.24, 2.45) is 11.7 Å². The van der Waals surface area contributed by atoms with Crippen molar-refractivity contribution in [3.63, 3.8) is 0 Å². The molecule has 0 fully saturated rings. The van der Waals surface area contributed by atoms with Gasteiger partial charge in [0.05, 0.1) is 0 Å². The number of carbonyl (C=O) groups is 1. The number of nitrogens with one attached hydrogen (secondary N) is 1. The van der Waals surface area contributed by atoms with Crippen LogP contribution in [0.15, 0.2) is 0 Å². The fraction of sp³-hybridized carbons (Fsp3) is 0.929. The minimum atomic E-state index is -0.0451. The summed E-state index contributed by atoms with van der Waals surface area (Å²) in [4.78, 5) is 14.0. The molecule has 0 saturated carbocycles. The summed E-state index contributed by atoms with van der Waals surface area (Å²) in [6.07, 6.45) is 0.418. The topological polar surface area (TPSA) is 58.4 Å². The summed E-state index contributed by atoms with van der Waals surface area (Å²) in [5.41, 5.74) is 5.87. The Labute approximate surface area is 112 Å². The molecule has 0 aromatic carbocycles. The highest BCUT2D eigenvalue weighted by Crippen LogP contribution is 2.04. The van der Waals surface area contributed by atoms with Crippen molar-refractivity contribution in [3.8, 4) is 0 Å². The Bertz CT molecular complexity index is 231. The van der Waals surface area contributed by atoms with Gasteiger partial charge in [0.25, 0.3) is 0 Å². The highest BCUT2D eigenvalue weighted by Gasteiger charge is 2.15. The molecular formula is C14H31N3O. The molecule has 0 aromatic rings. The molecule has 1 atom stereocenters. The van der Waals surface area contributed by atoms with E-state index < -0.39 is 0 Å². The molecule has 0 aliphatic carbocycles. The van der Waals surface area contributed by atoms with Crippen LogP contribution in [0.5, 0.6) is 0 Å². The van der Waals surface area contributed by atoms with Crippen LogP contribution >= 0.6 is 0 Å². The van der Waals surface area contributed by atoms with Crippen LogP contribution in [-0.4, -0.2) is 42.0 Å². The van der Waals surface area contributed by atoms with Gasteiger partial charge in [0.15, 0.2) is 0 Å². The van der Waals surface area contributed by atoms with Crippen molar-refractivity contribution in [1.82, 2.24) is 10.2 Å². The van der Waals surface area contributed by atoms with Gasteiger partial charge in [-0.25, -0.2) is 0 Å². The first-order valence-electron chi connectivity index (χ1n) is 7.03. The van der Waals surface area contributed by atoms with Crippen LogP contribution in [0.2, 0.25) is 0 Å². The predicted octanol–water partition coefficient (Wildman–Crippen LogP) is 1.59. The molecule has 4 heteroatoms. The van der Waals surface area contributed by atoms with E-state index in [1.165, 1.54) is 0 Å². The van der Waals surface area contributed by atoms with Crippen LogP contribution < -0.4 is 11.1 Å². The normalized spacial score (nSPS) is 13.7. The summed E-state index contributed by atoms with van der Waals surface area (Å²) >= 11 is 0. The SMILES string of the molecule is CC(C)C(N)CC(=O)NCCN(C(C)C)C(C)C.